The van der Waals surface area contributed by atoms with Crippen molar-refractivity contribution in [3.63, 3.8) is 0 Å². The van der Waals surface area contributed by atoms with Crippen molar-refractivity contribution in [2.45, 2.75) is 18.9 Å². The van der Waals surface area contributed by atoms with Crippen LogP contribution in [-0.4, -0.2) is 61.1 Å². The Hall–Kier alpha value is -1.95. The molecule has 6 nitrogen and oxygen atoms in total. The SMILES string of the molecule is CN(C)C(=O)N(C)C1CCN(c2nc3cc(Cl)ccc3o2)CC1. The van der Waals surface area contributed by atoms with Gasteiger partial charge in [-0.3, -0.25) is 0 Å². The van der Waals surface area contributed by atoms with E-state index in [0.717, 1.165) is 37.0 Å². The van der Waals surface area contributed by atoms with Gasteiger partial charge in [0.15, 0.2) is 5.58 Å². The quantitative estimate of drug-likeness (QED) is 0.845. The highest BCUT2D eigenvalue weighted by Gasteiger charge is 2.28. The predicted molar refractivity (Wildman–Crippen MR) is 91.1 cm³/mol. The van der Waals surface area contributed by atoms with Gasteiger partial charge in [0.2, 0.25) is 0 Å². The summed E-state index contributed by atoms with van der Waals surface area (Å²) in [6.07, 6.45) is 1.80. The van der Waals surface area contributed by atoms with Crippen LogP contribution in [0.15, 0.2) is 22.6 Å². The van der Waals surface area contributed by atoms with Crippen molar-refractivity contribution in [3.8, 4) is 0 Å². The molecule has 7 heteroatoms. The van der Waals surface area contributed by atoms with Gasteiger partial charge in [-0.15, -0.1) is 0 Å². The number of hydrogen-bond donors (Lipinski definition) is 0. The van der Waals surface area contributed by atoms with Gasteiger partial charge in [0.05, 0.1) is 0 Å². The van der Waals surface area contributed by atoms with Crippen LogP contribution in [0, 0.1) is 0 Å². The van der Waals surface area contributed by atoms with Crippen molar-refractivity contribution in [2.24, 2.45) is 0 Å². The molecule has 1 aromatic heterocycles. The van der Waals surface area contributed by atoms with Gasteiger partial charge < -0.3 is 19.1 Å². The van der Waals surface area contributed by atoms with Crippen LogP contribution < -0.4 is 4.90 Å². The highest BCUT2D eigenvalue weighted by atomic mass is 35.5. The van der Waals surface area contributed by atoms with Crippen LogP contribution in [0.2, 0.25) is 5.02 Å². The molecule has 0 N–H and O–H groups in total. The van der Waals surface area contributed by atoms with Crippen molar-refractivity contribution >= 4 is 34.7 Å². The van der Waals surface area contributed by atoms with E-state index in [1.54, 1.807) is 31.1 Å². The molecule has 23 heavy (non-hydrogen) atoms. The minimum atomic E-state index is 0.0416. The highest BCUT2D eigenvalue weighted by molar-refractivity contribution is 6.31. The molecule has 2 amide bonds. The van der Waals surface area contributed by atoms with E-state index >= 15 is 0 Å². The Morgan fingerprint density at radius 1 is 1.30 bits per heavy atom. The molecule has 2 aromatic rings. The zero-order valence-corrected chi connectivity index (χ0v) is 14.4. The number of carbonyl (C=O) groups excluding carboxylic acids is 1. The van der Waals surface area contributed by atoms with Gasteiger partial charge >= 0.3 is 6.03 Å². The smallest absolute Gasteiger partial charge is 0.319 e. The molecule has 124 valence electrons. The van der Waals surface area contributed by atoms with Crippen molar-refractivity contribution in [2.75, 3.05) is 39.1 Å². The molecule has 1 aliphatic rings. The maximum atomic E-state index is 12.0. The molecule has 1 aliphatic heterocycles. The summed E-state index contributed by atoms with van der Waals surface area (Å²) in [7, 11) is 5.42. The van der Waals surface area contributed by atoms with Crippen LogP contribution in [0.3, 0.4) is 0 Å². The number of rotatable bonds is 2. The fourth-order valence-corrected chi connectivity index (χ4v) is 3.11. The Morgan fingerprint density at radius 2 is 2.00 bits per heavy atom. The third-order valence-electron chi connectivity index (χ3n) is 4.31. The Kier molecular flexibility index (Phi) is 4.35. The summed E-state index contributed by atoms with van der Waals surface area (Å²) in [6.45, 7) is 1.63. The predicted octanol–water partition coefficient (Wildman–Crippen LogP) is 3.06. The van der Waals surface area contributed by atoms with Crippen LogP contribution in [0.5, 0.6) is 0 Å². The van der Waals surface area contributed by atoms with Crippen LogP contribution in [0.4, 0.5) is 10.8 Å². The van der Waals surface area contributed by atoms with Gasteiger partial charge in [-0.2, -0.15) is 4.98 Å². The molecule has 0 atom stereocenters. The second-order valence-corrected chi connectivity index (χ2v) is 6.55. The van der Waals surface area contributed by atoms with Gasteiger partial charge in [-0.25, -0.2) is 4.79 Å². The molecule has 1 saturated heterocycles. The van der Waals surface area contributed by atoms with Gasteiger partial charge in [0, 0.05) is 45.3 Å². The largest absolute Gasteiger partial charge is 0.423 e. The Balaban J connectivity index is 1.67. The number of hydrogen-bond acceptors (Lipinski definition) is 4. The maximum Gasteiger partial charge on any atom is 0.319 e. The first-order chi connectivity index (χ1) is 11.0. The van der Waals surface area contributed by atoms with E-state index in [2.05, 4.69) is 9.88 Å². The first kappa shape index (κ1) is 15.9. The lowest BCUT2D eigenvalue weighted by Crippen LogP contribution is -2.48. The first-order valence-corrected chi connectivity index (χ1v) is 8.08. The van der Waals surface area contributed by atoms with Gasteiger partial charge in [-0.1, -0.05) is 11.6 Å². The molecule has 0 spiro atoms. The van der Waals surface area contributed by atoms with Crippen LogP contribution in [0.1, 0.15) is 12.8 Å². The van der Waals surface area contributed by atoms with Crippen molar-refractivity contribution in [3.05, 3.63) is 23.2 Å². The average molecular weight is 337 g/mol. The zero-order chi connectivity index (χ0) is 16.6. The van der Waals surface area contributed by atoms with E-state index < -0.39 is 0 Å². The number of amides is 2. The summed E-state index contributed by atoms with van der Waals surface area (Å²) < 4.78 is 5.81. The van der Waals surface area contributed by atoms with E-state index in [0.29, 0.717) is 11.0 Å². The fraction of sp³-hybridized carbons (Fsp3) is 0.500. The minimum Gasteiger partial charge on any atom is -0.423 e. The minimum absolute atomic E-state index is 0.0416. The third kappa shape index (κ3) is 3.22. The number of halogens is 1. The number of piperidine rings is 1. The van der Waals surface area contributed by atoms with Gasteiger partial charge in [0.25, 0.3) is 6.01 Å². The summed E-state index contributed by atoms with van der Waals surface area (Å²) in [4.78, 5) is 22.1. The molecule has 0 aliphatic carbocycles. The Bertz CT molecular complexity index is 707. The number of fused-ring (bicyclic) bond motifs is 1. The lowest BCUT2D eigenvalue weighted by atomic mass is 10.0. The summed E-state index contributed by atoms with van der Waals surface area (Å²) in [5.74, 6) is 0. The van der Waals surface area contributed by atoms with E-state index in [1.165, 1.54) is 0 Å². The van der Waals surface area contributed by atoms with E-state index in [9.17, 15) is 4.79 Å². The zero-order valence-electron chi connectivity index (χ0n) is 13.6. The van der Waals surface area contributed by atoms with Crippen molar-refractivity contribution in [1.82, 2.24) is 14.8 Å². The third-order valence-corrected chi connectivity index (χ3v) is 4.54. The highest BCUT2D eigenvalue weighted by Crippen LogP contribution is 2.27. The molecule has 1 aromatic carbocycles. The second-order valence-electron chi connectivity index (χ2n) is 6.11. The normalized spacial score (nSPS) is 15.9. The summed E-state index contributed by atoms with van der Waals surface area (Å²) in [6, 6.07) is 6.36. The fourth-order valence-electron chi connectivity index (χ4n) is 2.94. The number of carbonyl (C=O) groups is 1. The molecule has 0 radical (unpaired) electrons. The monoisotopic (exact) mass is 336 g/mol. The van der Waals surface area contributed by atoms with Gasteiger partial charge in [0.1, 0.15) is 5.52 Å². The Morgan fingerprint density at radius 3 is 2.65 bits per heavy atom. The van der Waals surface area contributed by atoms with E-state index in [-0.39, 0.29) is 12.1 Å². The maximum absolute atomic E-state index is 12.0. The topological polar surface area (TPSA) is 52.8 Å². The molecular weight excluding hydrogens is 316 g/mol. The Labute approximate surface area is 140 Å². The number of oxazole rings is 1. The van der Waals surface area contributed by atoms with Crippen LogP contribution in [-0.2, 0) is 0 Å². The summed E-state index contributed by atoms with van der Waals surface area (Å²) >= 11 is 5.99. The molecular formula is C16H21ClN4O2. The molecule has 3 rings (SSSR count). The summed E-state index contributed by atoms with van der Waals surface area (Å²) in [5, 5.41) is 0.653. The molecule has 1 fully saturated rings. The van der Waals surface area contributed by atoms with Crippen molar-refractivity contribution in [1.29, 1.82) is 0 Å². The summed E-state index contributed by atoms with van der Waals surface area (Å²) in [5.41, 5.74) is 1.51. The first-order valence-electron chi connectivity index (χ1n) is 7.71. The molecule has 0 bridgehead atoms. The number of nitrogens with zero attached hydrogens (tertiary/aromatic N) is 4. The lowest BCUT2D eigenvalue weighted by Gasteiger charge is -2.37. The average Bonchev–Trinajstić information content (AvgIpc) is 2.96. The number of aromatic nitrogens is 1. The lowest BCUT2D eigenvalue weighted by molar-refractivity contribution is 0.154. The number of urea groups is 1. The second kappa shape index (κ2) is 6.28. The van der Waals surface area contributed by atoms with E-state index in [4.69, 9.17) is 16.0 Å². The van der Waals surface area contributed by atoms with E-state index in [1.807, 2.05) is 18.0 Å². The standard InChI is InChI=1S/C16H21ClN4O2/c1-19(2)16(22)20(3)12-6-8-21(9-7-12)15-18-13-10-11(17)4-5-14(13)23-15/h4-5,10,12H,6-9H2,1-3H3. The molecule has 2 heterocycles. The number of anilines is 1. The molecule has 0 saturated carbocycles. The van der Waals surface area contributed by atoms with Gasteiger partial charge in [-0.05, 0) is 31.0 Å². The van der Waals surface area contributed by atoms with Crippen LogP contribution in [0.25, 0.3) is 11.1 Å². The number of benzene rings is 1. The van der Waals surface area contributed by atoms with Crippen molar-refractivity contribution < 1.29 is 9.21 Å². The van der Waals surface area contributed by atoms with Crippen LogP contribution >= 0.6 is 11.6 Å². The molecule has 0 unspecified atom stereocenters.